The van der Waals surface area contributed by atoms with E-state index in [0.717, 1.165) is 17.1 Å². The van der Waals surface area contributed by atoms with Crippen LogP contribution in [0.2, 0.25) is 0 Å². The van der Waals surface area contributed by atoms with Gasteiger partial charge in [-0.3, -0.25) is 9.89 Å². The SMILES string of the molecule is Cc1cc([C@H](C)NCC(=O)Nc2c(C)n[nH]c2C)c(C)s1. The van der Waals surface area contributed by atoms with Crippen LogP contribution in [0.1, 0.15) is 39.7 Å². The van der Waals surface area contributed by atoms with Crippen molar-refractivity contribution in [3.8, 4) is 0 Å². The Balaban J connectivity index is 1.91. The van der Waals surface area contributed by atoms with Gasteiger partial charge >= 0.3 is 0 Å². The van der Waals surface area contributed by atoms with Gasteiger partial charge in [0.2, 0.25) is 5.91 Å². The molecule has 0 saturated carbocycles. The molecule has 5 nitrogen and oxygen atoms in total. The number of H-pyrrole nitrogens is 1. The highest BCUT2D eigenvalue weighted by Gasteiger charge is 2.14. The molecule has 0 aliphatic heterocycles. The summed E-state index contributed by atoms with van der Waals surface area (Å²) in [7, 11) is 0. The molecule has 0 fully saturated rings. The Morgan fingerprint density at radius 1 is 1.38 bits per heavy atom. The van der Waals surface area contributed by atoms with Gasteiger partial charge in [-0.25, -0.2) is 0 Å². The molecule has 0 saturated heterocycles. The maximum atomic E-state index is 12.0. The second-order valence-electron chi connectivity index (χ2n) is 5.33. The van der Waals surface area contributed by atoms with Gasteiger partial charge < -0.3 is 10.6 Å². The molecule has 1 amide bonds. The Labute approximate surface area is 129 Å². The number of amides is 1. The zero-order chi connectivity index (χ0) is 15.6. The van der Waals surface area contributed by atoms with Crippen molar-refractivity contribution in [2.24, 2.45) is 0 Å². The van der Waals surface area contributed by atoms with Crippen molar-refractivity contribution in [2.75, 3.05) is 11.9 Å². The second kappa shape index (κ2) is 6.41. The van der Waals surface area contributed by atoms with Gasteiger partial charge in [0.05, 0.1) is 23.6 Å². The number of aromatic nitrogens is 2. The van der Waals surface area contributed by atoms with E-state index in [4.69, 9.17) is 0 Å². The van der Waals surface area contributed by atoms with Gasteiger partial charge in [0.15, 0.2) is 0 Å². The summed E-state index contributed by atoms with van der Waals surface area (Å²) in [6, 6.07) is 2.34. The highest BCUT2D eigenvalue weighted by atomic mass is 32.1. The summed E-state index contributed by atoms with van der Waals surface area (Å²) in [6.45, 7) is 10.3. The fraction of sp³-hybridized carbons (Fsp3) is 0.467. The lowest BCUT2D eigenvalue weighted by Gasteiger charge is -2.14. The number of thiophene rings is 1. The number of nitrogens with one attached hydrogen (secondary N) is 3. The van der Waals surface area contributed by atoms with Crippen LogP contribution in [0, 0.1) is 27.7 Å². The molecule has 0 aliphatic rings. The third-order valence-electron chi connectivity index (χ3n) is 3.51. The molecular weight excluding hydrogens is 284 g/mol. The van der Waals surface area contributed by atoms with Crippen LogP contribution >= 0.6 is 11.3 Å². The van der Waals surface area contributed by atoms with Crippen LogP contribution in [-0.2, 0) is 4.79 Å². The maximum absolute atomic E-state index is 12.0. The number of hydrogen-bond donors (Lipinski definition) is 3. The molecule has 2 aromatic rings. The minimum atomic E-state index is -0.0564. The summed E-state index contributed by atoms with van der Waals surface area (Å²) < 4.78 is 0. The van der Waals surface area contributed by atoms with Crippen LogP contribution in [0.25, 0.3) is 0 Å². The minimum Gasteiger partial charge on any atom is -0.322 e. The van der Waals surface area contributed by atoms with Crippen molar-refractivity contribution >= 4 is 22.9 Å². The van der Waals surface area contributed by atoms with E-state index in [0.29, 0.717) is 0 Å². The summed E-state index contributed by atoms with van der Waals surface area (Å²) in [6.07, 6.45) is 0. The lowest BCUT2D eigenvalue weighted by molar-refractivity contribution is -0.115. The van der Waals surface area contributed by atoms with Crippen LogP contribution < -0.4 is 10.6 Å². The highest BCUT2D eigenvalue weighted by Crippen LogP contribution is 2.26. The first kappa shape index (κ1) is 15.7. The van der Waals surface area contributed by atoms with Crippen molar-refractivity contribution in [1.82, 2.24) is 15.5 Å². The molecule has 2 rings (SSSR count). The van der Waals surface area contributed by atoms with E-state index in [9.17, 15) is 4.79 Å². The molecule has 0 aromatic carbocycles. The van der Waals surface area contributed by atoms with Gasteiger partial charge in [-0.05, 0) is 46.2 Å². The number of anilines is 1. The van der Waals surface area contributed by atoms with Crippen molar-refractivity contribution in [3.05, 3.63) is 32.8 Å². The summed E-state index contributed by atoms with van der Waals surface area (Å²) in [5.41, 5.74) is 3.72. The number of aromatic amines is 1. The zero-order valence-electron chi connectivity index (χ0n) is 13.1. The Morgan fingerprint density at radius 3 is 2.62 bits per heavy atom. The van der Waals surface area contributed by atoms with Crippen molar-refractivity contribution in [2.45, 2.75) is 40.7 Å². The van der Waals surface area contributed by atoms with Gasteiger partial charge in [-0.15, -0.1) is 11.3 Å². The molecule has 3 N–H and O–H groups in total. The lowest BCUT2D eigenvalue weighted by Crippen LogP contribution is -2.30. The molecule has 0 bridgehead atoms. The molecule has 0 unspecified atom stereocenters. The van der Waals surface area contributed by atoms with Crippen LogP contribution in [0.5, 0.6) is 0 Å². The van der Waals surface area contributed by atoms with Crippen molar-refractivity contribution in [1.29, 1.82) is 0 Å². The normalized spacial score (nSPS) is 12.4. The predicted octanol–water partition coefficient (Wildman–Crippen LogP) is 2.99. The molecule has 6 heteroatoms. The van der Waals surface area contributed by atoms with Gasteiger partial charge in [0.25, 0.3) is 0 Å². The quantitative estimate of drug-likeness (QED) is 0.795. The number of hydrogen-bond acceptors (Lipinski definition) is 4. The number of nitrogens with zero attached hydrogens (tertiary/aromatic N) is 1. The van der Waals surface area contributed by atoms with E-state index in [2.05, 4.69) is 47.7 Å². The number of carbonyl (C=O) groups is 1. The monoisotopic (exact) mass is 306 g/mol. The average Bonchev–Trinajstić information content (AvgIpc) is 2.92. The number of rotatable bonds is 5. The Kier molecular flexibility index (Phi) is 4.80. The third-order valence-corrected chi connectivity index (χ3v) is 4.49. The standard InChI is InChI=1S/C15H22N4OS/c1-8-6-13(12(5)21-8)9(2)16-7-14(20)17-15-10(3)18-19-11(15)4/h6,9,16H,7H2,1-5H3,(H,17,20)(H,18,19)/t9-/m0/s1. The summed E-state index contributed by atoms with van der Waals surface area (Å²) in [5.74, 6) is -0.0564. The van der Waals surface area contributed by atoms with Crippen molar-refractivity contribution in [3.63, 3.8) is 0 Å². The lowest BCUT2D eigenvalue weighted by atomic mass is 10.1. The minimum absolute atomic E-state index is 0.0564. The first-order chi connectivity index (χ1) is 9.88. The first-order valence-electron chi connectivity index (χ1n) is 7.00. The number of carbonyl (C=O) groups excluding carboxylic acids is 1. The van der Waals surface area contributed by atoms with Crippen LogP contribution in [-0.4, -0.2) is 22.6 Å². The second-order valence-corrected chi connectivity index (χ2v) is 6.79. The molecule has 21 heavy (non-hydrogen) atoms. The maximum Gasteiger partial charge on any atom is 0.238 e. The summed E-state index contributed by atoms with van der Waals surface area (Å²) >= 11 is 1.79. The average molecular weight is 306 g/mol. The zero-order valence-corrected chi connectivity index (χ0v) is 13.9. The smallest absolute Gasteiger partial charge is 0.238 e. The first-order valence-corrected chi connectivity index (χ1v) is 7.82. The molecule has 2 aromatic heterocycles. The molecule has 0 radical (unpaired) electrons. The van der Waals surface area contributed by atoms with Gasteiger partial charge in [0, 0.05) is 15.8 Å². The Hall–Kier alpha value is -1.66. The van der Waals surface area contributed by atoms with Crippen LogP contribution in [0.4, 0.5) is 5.69 Å². The summed E-state index contributed by atoms with van der Waals surface area (Å²) in [4.78, 5) is 14.6. The largest absolute Gasteiger partial charge is 0.322 e. The number of aryl methyl sites for hydroxylation is 4. The van der Waals surface area contributed by atoms with Crippen LogP contribution in [0.15, 0.2) is 6.07 Å². The molecule has 1 atom stereocenters. The molecule has 0 spiro atoms. The van der Waals surface area contributed by atoms with E-state index in [1.807, 2.05) is 13.8 Å². The molecule has 0 aliphatic carbocycles. The van der Waals surface area contributed by atoms with Gasteiger partial charge in [-0.1, -0.05) is 0 Å². The molecular formula is C15H22N4OS. The fourth-order valence-electron chi connectivity index (χ4n) is 2.35. The predicted molar refractivity (Wildman–Crippen MR) is 86.9 cm³/mol. The third kappa shape index (κ3) is 3.71. The van der Waals surface area contributed by atoms with Gasteiger partial charge in [-0.2, -0.15) is 5.10 Å². The Bertz CT molecular complexity index is 625. The molecule has 2 heterocycles. The topological polar surface area (TPSA) is 69.8 Å². The van der Waals surface area contributed by atoms with E-state index in [-0.39, 0.29) is 18.5 Å². The van der Waals surface area contributed by atoms with Crippen molar-refractivity contribution < 1.29 is 4.79 Å². The van der Waals surface area contributed by atoms with E-state index < -0.39 is 0 Å². The molecule has 114 valence electrons. The van der Waals surface area contributed by atoms with E-state index in [1.165, 1.54) is 15.3 Å². The fourth-order valence-corrected chi connectivity index (χ4v) is 3.38. The highest BCUT2D eigenvalue weighted by molar-refractivity contribution is 7.12. The van der Waals surface area contributed by atoms with Gasteiger partial charge in [0.1, 0.15) is 0 Å². The van der Waals surface area contributed by atoms with Crippen LogP contribution in [0.3, 0.4) is 0 Å². The van der Waals surface area contributed by atoms with E-state index >= 15 is 0 Å². The Morgan fingerprint density at radius 2 is 2.10 bits per heavy atom. The summed E-state index contributed by atoms with van der Waals surface area (Å²) in [5, 5.41) is 13.1. The van der Waals surface area contributed by atoms with E-state index in [1.54, 1.807) is 11.3 Å².